The van der Waals surface area contributed by atoms with E-state index in [0.29, 0.717) is 0 Å². The molecule has 0 saturated heterocycles. The average molecular weight is 363 g/mol. The molecule has 0 N–H and O–H groups in total. The SMILES string of the molecule is C#C/C(C)=C\CCCO[Si](c1ccccc1)(c1ccccc1)C(C)(C)C. The summed E-state index contributed by atoms with van der Waals surface area (Å²) in [5.74, 6) is 2.68. The number of unbranched alkanes of at least 4 members (excludes halogenated alkanes) is 1. The van der Waals surface area contributed by atoms with E-state index in [4.69, 9.17) is 10.8 Å². The third kappa shape index (κ3) is 4.55. The van der Waals surface area contributed by atoms with E-state index in [2.05, 4.69) is 93.4 Å². The second-order valence-corrected chi connectivity index (χ2v) is 12.0. The van der Waals surface area contributed by atoms with Gasteiger partial charge in [0.05, 0.1) is 0 Å². The fourth-order valence-corrected chi connectivity index (χ4v) is 8.05. The van der Waals surface area contributed by atoms with Crippen molar-refractivity contribution in [2.75, 3.05) is 6.61 Å². The minimum Gasteiger partial charge on any atom is -0.407 e. The van der Waals surface area contributed by atoms with Gasteiger partial charge in [-0.1, -0.05) is 93.4 Å². The van der Waals surface area contributed by atoms with E-state index in [1.165, 1.54) is 10.4 Å². The highest BCUT2D eigenvalue weighted by Crippen LogP contribution is 2.36. The highest BCUT2D eigenvalue weighted by molar-refractivity contribution is 6.99. The third-order valence-electron chi connectivity index (χ3n) is 4.76. The molecule has 2 heteroatoms. The molecular formula is C24H30OSi. The molecule has 0 aromatic heterocycles. The van der Waals surface area contributed by atoms with Crippen molar-refractivity contribution in [3.05, 3.63) is 72.3 Å². The second kappa shape index (κ2) is 9.03. The van der Waals surface area contributed by atoms with Crippen molar-refractivity contribution in [3.8, 4) is 12.3 Å². The van der Waals surface area contributed by atoms with Crippen LogP contribution in [0.2, 0.25) is 5.04 Å². The first-order valence-corrected chi connectivity index (χ1v) is 11.2. The summed E-state index contributed by atoms with van der Waals surface area (Å²) >= 11 is 0. The molecule has 2 aromatic rings. The predicted molar refractivity (Wildman–Crippen MR) is 115 cm³/mol. The van der Waals surface area contributed by atoms with E-state index in [9.17, 15) is 0 Å². The smallest absolute Gasteiger partial charge is 0.261 e. The second-order valence-electron chi connectivity index (χ2n) is 7.69. The summed E-state index contributed by atoms with van der Waals surface area (Å²) in [5, 5.41) is 2.68. The Labute approximate surface area is 160 Å². The van der Waals surface area contributed by atoms with Gasteiger partial charge in [-0.05, 0) is 40.8 Å². The Morgan fingerprint density at radius 3 is 1.92 bits per heavy atom. The lowest BCUT2D eigenvalue weighted by atomic mass is 10.2. The fourth-order valence-electron chi connectivity index (χ4n) is 3.45. The molecule has 26 heavy (non-hydrogen) atoms. The molecule has 0 atom stereocenters. The Hall–Kier alpha value is -2.08. The highest BCUT2D eigenvalue weighted by Gasteiger charge is 2.49. The van der Waals surface area contributed by atoms with Crippen LogP contribution in [0.15, 0.2) is 72.3 Å². The van der Waals surface area contributed by atoms with Crippen molar-refractivity contribution in [1.82, 2.24) is 0 Å². The van der Waals surface area contributed by atoms with Gasteiger partial charge in [-0.15, -0.1) is 6.42 Å². The molecule has 0 radical (unpaired) electrons. The van der Waals surface area contributed by atoms with Gasteiger partial charge in [0, 0.05) is 6.61 Å². The molecular weight excluding hydrogens is 332 g/mol. The van der Waals surface area contributed by atoms with E-state index >= 15 is 0 Å². The number of benzene rings is 2. The highest BCUT2D eigenvalue weighted by atomic mass is 28.4. The molecule has 2 rings (SSSR count). The van der Waals surface area contributed by atoms with Crippen molar-refractivity contribution >= 4 is 18.7 Å². The summed E-state index contributed by atoms with van der Waals surface area (Å²) in [6.07, 6.45) is 9.47. The average Bonchev–Trinajstić information content (AvgIpc) is 2.65. The van der Waals surface area contributed by atoms with Gasteiger partial charge < -0.3 is 4.43 Å². The Morgan fingerprint density at radius 1 is 1.00 bits per heavy atom. The predicted octanol–water partition coefficient (Wildman–Crippen LogP) is 4.92. The molecule has 0 aliphatic heterocycles. The maximum absolute atomic E-state index is 6.84. The normalized spacial score (nSPS) is 12.7. The van der Waals surface area contributed by atoms with Crippen LogP contribution in [0.25, 0.3) is 0 Å². The topological polar surface area (TPSA) is 9.23 Å². The van der Waals surface area contributed by atoms with Crippen LogP contribution in [-0.4, -0.2) is 14.9 Å². The standard InChI is InChI=1S/C24H30OSi/c1-6-21(2)15-13-14-20-25-26(24(3,4)5,22-16-9-7-10-17-22)23-18-11-8-12-19-23/h1,7-12,15-19H,13-14,20H2,2-5H3/b21-15-. The fraction of sp³-hybridized carbons (Fsp3) is 0.333. The zero-order chi connectivity index (χ0) is 19.0. The molecule has 0 amide bonds. The largest absolute Gasteiger partial charge is 0.407 e. The zero-order valence-corrected chi connectivity index (χ0v) is 17.5. The van der Waals surface area contributed by atoms with Gasteiger partial charge in [0.15, 0.2) is 0 Å². The molecule has 1 nitrogen and oxygen atoms in total. The van der Waals surface area contributed by atoms with Crippen LogP contribution < -0.4 is 10.4 Å². The van der Waals surface area contributed by atoms with Crippen LogP contribution in [0, 0.1) is 12.3 Å². The lowest BCUT2D eigenvalue weighted by molar-refractivity contribution is 0.293. The maximum atomic E-state index is 6.84. The Balaban J connectivity index is 2.37. The molecule has 0 saturated carbocycles. The minimum atomic E-state index is -2.40. The number of allylic oxidation sites excluding steroid dienone is 2. The molecule has 0 aliphatic rings. The summed E-state index contributed by atoms with van der Waals surface area (Å²) < 4.78 is 6.84. The summed E-state index contributed by atoms with van der Waals surface area (Å²) in [5.41, 5.74) is 0.996. The van der Waals surface area contributed by atoms with Crippen molar-refractivity contribution in [3.63, 3.8) is 0 Å². The zero-order valence-electron chi connectivity index (χ0n) is 16.5. The van der Waals surface area contributed by atoms with Gasteiger partial charge in [-0.2, -0.15) is 0 Å². The number of terminal acetylenes is 1. The quantitative estimate of drug-likeness (QED) is 0.386. The van der Waals surface area contributed by atoms with Crippen LogP contribution in [-0.2, 0) is 4.43 Å². The third-order valence-corrected chi connectivity index (χ3v) is 9.80. The first-order chi connectivity index (χ1) is 12.4. The van der Waals surface area contributed by atoms with Gasteiger partial charge in [0.25, 0.3) is 8.32 Å². The van der Waals surface area contributed by atoms with E-state index in [0.717, 1.165) is 25.0 Å². The van der Waals surface area contributed by atoms with Crippen LogP contribution in [0.3, 0.4) is 0 Å². The van der Waals surface area contributed by atoms with E-state index in [-0.39, 0.29) is 5.04 Å². The van der Waals surface area contributed by atoms with Gasteiger partial charge in [-0.25, -0.2) is 0 Å². The van der Waals surface area contributed by atoms with Crippen molar-refractivity contribution in [1.29, 1.82) is 0 Å². The van der Waals surface area contributed by atoms with Crippen LogP contribution in [0.5, 0.6) is 0 Å². The maximum Gasteiger partial charge on any atom is 0.261 e. The van der Waals surface area contributed by atoms with E-state index in [1.807, 2.05) is 6.92 Å². The first kappa shape index (κ1) is 20.2. The molecule has 0 heterocycles. The van der Waals surface area contributed by atoms with E-state index < -0.39 is 8.32 Å². The van der Waals surface area contributed by atoms with Crippen LogP contribution in [0.1, 0.15) is 40.5 Å². The van der Waals surface area contributed by atoms with Crippen molar-refractivity contribution in [2.24, 2.45) is 0 Å². The molecule has 2 aromatic carbocycles. The first-order valence-electron chi connectivity index (χ1n) is 9.30. The van der Waals surface area contributed by atoms with Gasteiger partial charge in [0.2, 0.25) is 0 Å². The molecule has 136 valence electrons. The lowest BCUT2D eigenvalue weighted by Gasteiger charge is -2.43. The number of hydrogen-bond acceptors (Lipinski definition) is 1. The Kier molecular flexibility index (Phi) is 7.03. The lowest BCUT2D eigenvalue weighted by Crippen LogP contribution is -2.66. The van der Waals surface area contributed by atoms with Crippen molar-refractivity contribution in [2.45, 2.75) is 45.6 Å². The van der Waals surface area contributed by atoms with E-state index in [1.54, 1.807) is 0 Å². The summed E-state index contributed by atoms with van der Waals surface area (Å²) in [6.45, 7) is 9.63. The molecule has 0 spiro atoms. The minimum absolute atomic E-state index is 0.0281. The summed E-state index contributed by atoms with van der Waals surface area (Å²) in [7, 11) is -2.40. The van der Waals surface area contributed by atoms with Crippen LogP contribution >= 0.6 is 0 Å². The van der Waals surface area contributed by atoms with Gasteiger partial charge in [0.1, 0.15) is 0 Å². The van der Waals surface area contributed by atoms with Gasteiger partial charge >= 0.3 is 0 Å². The van der Waals surface area contributed by atoms with Crippen LogP contribution in [0.4, 0.5) is 0 Å². The molecule has 0 aliphatic carbocycles. The number of rotatable bonds is 7. The molecule has 0 bridgehead atoms. The molecule has 0 fully saturated rings. The Morgan fingerprint density at radius 2 is 1.50 bits per heavy atom. The Bertz CT molecular complexity index is 709. The summed E-state index contributed by atoms with van der Waals surface area (Å²) in [6, 6.07) is 21.5. The monoisotopic (exact) mass is 362 g/mol. The van der Waals surface area contributed by atoms with Crippen molar-refractivity contribution < 1.29 is 4.43 Å². The van der Waals surface area contributed by atoms with Gasteiger partial charge in [-0.3, -0.25) is 0 Å². The summed E-state index contributed by atoms with van der Waals surface area (Å²) in [4.78, 5) is 0. The number of hydrogen-bond donors (Lipinski definition) is 0. The molecule has 0 unspecified atom stereocenters.